The predicted molar refractivity (Wildman–Crippen MR) is 85.7 cm³/mol. The summed E-state index contributed by atoms with van der Waals surface area (Å²) in [5.41, 5.74) is 0.268. The monoisotopic (exact) mass is 356 g/mol. The molecule has 1 atom stereocenters. The highest BCUT2D eigenvalue weighted by atomic mass is 32.2. The number of aryl methyl sites for hydroxylation is 2. The maximum Gasteiger partial charge on any atom is 0.246 e. The first kappa shape index (κ1) is 18.2. The molecule has 0 amide bonds. The number of methoxy groups -OCH3 is 1. The van der Waals surface area contributed by atoms with E-state index in [4.69, 9.17) is 14.0 Å². The quantitative estimate of drug-likeness (QED) is 0.726. The van der Waals surface area contributed by atoms with Crippen LogP contribution in [0.5, 0.6) is 11.5 Å². The summed E-state index contributed by atoms with van der Waals surface area (Å²) < 4.78 is 42.0. The van der Waals surface area contributed by atoms with Crippen molar-refractivity contribution in [1.82, 2.24) is 9.88 Å². The van der Waals surface area contributed by atoms with Crippen LogP contribution in [-0.2, 0) is 10.0 Å². The van der Waals surface area contributed by atoms with Crippen molar-refractivity contribution in [3.8, 4) is 11.5 Å². The molecule has 132 valence electrons. The second-order valence-electron chi connectivity index (χ2n) is 5.15. The van der Waals surface area contributed by atoms with Gasteiger partial charge in [-0.25, -0.2) is 13.1 Å². The highest BCUT2D eigenvalue weighted by Gasteiger charge is 2.24. The summed E-state index contributed by atoms with van der Waals surface area (Å²) in [5.74, 6) is 1.43. The van der Waals surface area contributed by atoms with E-state index in [1.807, 2.05) is 0 Å². The molecule has 8 nitrogen and oxygen atoms in total. The molecule has 1 unspecified atom stereocenters. The molecule has 1 aromatic heterocycles. The maximum absolute atomic E-state index is 12.2. The van der Waals surface area contributed by atoms with E-state index in [0.717, 1.165) is 0 Å². The fourth-order valence-corrected chi connectivity index (χ4v) is 3.46. The lowest BCUT2D eigenvalue weighted by Crippen LogP contribution is -2.35. The molecule has 2 rings (SSSR count). The van der Waals surface area contributed by atoms with Crippen molar-refractivity contribution in [2.75, 3.05) is 20.3 Å². The van der Waals surface area contributed by atoms with Gasteiger partial charge in [0.05, 0.1) is 7.11 Å². The van der Waals surface area contributed by atoms with E-state index in [9.17, 15) is 13.5 Å². The van der Waals surface area contributed by atoms with Gasteiger partial charge in [-0.2, -0.15) is 0 Å². The normalized spacial score (nSPS) is 12.8. The second kappa shape index (κ2) is 7.65. The van der Waals surface area contributed by atoms with Gasteiger partial charge in [0, 0.05) is 6.54 Å². The van der Waals surface area contributed by atoms with Gasteiger partial charge < -0.3 is 19.1 Å². The number of benzene rings is 1. The summed E-state index contributed by atoms with van der Waals surface area (Å²) in [4.78, 5) is -0.00854. The third-order valence-corrected chi connectivity index (χ3v) is 4.91. The van der Waals surface area contributed by atoms with Gasteiger partial charge in [0.2, 0.25) is 10.0 Å². The molecule has 0 spiro atoms. The van der Waals surface area contributed by atoms with E-state index < -0.39 is 16.1 Å². The van der Waals surface area contributed by atoms with E-state index in [-0.39, 0.29) is 29.5 Å². The molecule has 0 fully saturated rings. The Morgan fingerprint density at radius 2 is 1.88 bits per heavy atom. The van der Waals surface area contributed by atoms with Crippen LogP contribution in [-0.4, -0.2) is 45.0 Å². The zero-order valence-corrected chi connectivity index (χ0v) is 14.5. The molecular weight excluding hydrogens is 336 g/mol. The SMILES string of the molecule is COc1ccc(OCC(O)CNS(=O)(=O)c2c(C)noc2C)cc1. The van der Waals surface area contributed by atoms with Gasteiger partial charge in [0.15, 0.2) is 5.76 Å². The molecule has 2 aromatic rings. The molecule has 0 bridgehead atoms. The molecule has 0 aliphatic heterocycles. The van der Waals surface area contributed by atoms with Gasteiger partial charge in [0.25, 0.3) is 0 Å². The van der Waals surface area contributed by atoms with Crippen molar-refractivity contribution in [3.63, 3.8) is 0 Å². The molecule has 0 radical (unpaired) electrons. The Morgan fingerprint density at radius 1 is 1.25 bits per heavy atom. The van der Waals surface area contributed by atoms with Gasteiger partial charge >= 0.3 is 0 Å². The number of aromatic nitrogens is 1. The number of rotatable bonds is 8. The number of hydrogen-bond donors (Lipinski definition) is 2. The molecule has 1 heterocycles. The maximum atomic E-state index is 12.2. The van der Waals surface area contributed by atoms with Crippen LogP contribution in [0.1, 0.15) is 11.5 Å². The zero-order valence-electron chi connectivity index (χ0n) is 13.6. The molecule has 24 heavy (non-hydrogen) atoms. The number of sulfonamides is 1. The van der Waals surface area contributed by atoms with E-state index in [1.165, 1.54) is 13.8 Å². The minimum atomic E-state index is -3.80. The van der Waals surface area contributed by atoms with Gasteiger partial charge in [0.1, 0.15) is 34.8 Å². The summed E-state index contributed by atoms with van der Waals surface area (Å²) in [5, 5.41) is 13.5. The fourth-order valence-electron chi connectivity index (χ4n) is 2.06. The topological polar surface area (TPSA) is 111 Å². The fraction of sp³-hybridized carbons (Fsp3) is 0.400. The first-order valence-electron chi connectivity index (χ1n) is 7.21. The first-order valence-corrected chi connectivity index (χ1v) is 8.69. The standard InChI is InChI=1S/C15H20N2O6S/c1-10-15(11(2)23-17-10)24(19,20)16-8-12(18)9-22-14-6-4-13(21-3)5-7-14/h4-7,12,16,18H,8-9H2,1-3H3. The van der Waals surface area contributed by atoms with Gasteiger partial charge in [-0.05, 0) is 38.1 Å². The highest BCUT2D eigenvalue weighted by Crippen LogP contribution is 2.19. The highest BCUT2D eigenvalue weighted by molar-refractivity contribution is 7.89. The Labute approximate surface area is 140 Å². The van der Waals surface area contributed by atoms with Crippen molar-refractivity contribution in [2.45, 2.75) is 24.8 Å². The Balaban J connectivity index is 1.87. The van der Waals surface area contributed by atoms with Crippen LogP contribution < -0.4 is 14.2 Å². The number of nitrogens with one attached hydrogen (secondary N) is 1. The largest absolute Gasteiger partial charge is 0.497 e. The van der Waals surface area contributed by atoms with E-state index in [1.54, 1.807) is 31.4 Å². The zero-order chi connectivity index (χ0) is 17.7. The summed E-state index contributed by atoms with van der Waals surface area (Å²) >= 11 is 0. The number of aliphatic hydroxyl groups excluding tert-OH is 1. The molecule has 0 saturated carbocycles. The molecule has 0 saturated heterocycles. The molecule has 1 aromatic carbocycles. The van der Waals surface area contributed by atoms with Crippen molar-refractivity contribution < 1.29 is 27.5 Å². The molecule has 2 N–H and O–H groups in total. The molecule has 9 heteroatoms. The second-order valence-corrected chi connectivity index (χ2v) is 6.85. The van der Waals surface area contributed by atoms with Crippen LogP contribution in [0.15, 0.2) is 33.7 Å². The van der Waals surface area contributed by atoms with E-state index in [2.05, 4.69) is 9.88 Å². The lowest BCUT2D eigenvalue weighted by molar-refractivity contribution is 0.111. The van der Waals surface area contributed by atoms with Crippen molar-refractivity contribution in [2.24, 2.45) is 0 Å². The Hall–Kier alpha value is -2.10. The Bertz CT molecular complexity index is 750. The first-order chi connectivity index (χ1) is 11.3. The van der Waals surface area contributed by atoms with Gasteiger partial charge in [-0.3, -0.25) is 0 Å². The van der Waals surface area contributed by atoms with Crippen molar-refractivity contribution in [1.29, 1.82) is 0 Å². The van der Waals surface area contributed by atoms with Crippen LogP contribution in [0, 0.1) is 13.8 Å². The van der Waals surface area contributed by atoms with Crippen molar-refractivity contribution in [3.05, 3.63) is 35.7 Å². The third-order valence-electron chi connectivity index (χ3n) is 3.25. The molecule has 0 aliphatic carbocycles. The van der Waals surface area contributed by atoms with E-state index in [0.29, 0.717) is 11.5 Å². The lowest BCUT2D eigenvalue weighted by Gasteiger charge is -2.13. The predicted octanol–water partition coefficient (Wildman–Crippen LogP) is 1.02. The van der Waals surface area contributed by atoms with Gasteiger partial charge in [-0.15, -0.1) is 0 Å². The minimum Gasteiger partial charge on any atom is -0.497 e. The summed E-state index contributed by atoms with van der Waals surface area (Å²) in [6, 6.07) is 6.84. The summed E-state index contributed by atoms with van der Waals surface area (Å²) in [6.07, 6.45) is -1.01. The van der Waals surface area contributed by atoms with Crippen LogP contribution in [0.25, 0.3) is 0 Å². The third kappa shape index (κ3) is 4.47. The minimum absolute atomic E-state index is 0.00854. The lowest BCUT2D eigenvalue weighted by atomic mass is 10.3. The summed E-state index contributed by atoms with van der Waals surface area (Å²) in [6.45, 7) is 2.80. The summed E-state index contributed by atoms with van der Waals surface area (Å²) in [7, 11) is -2.24. The number of ether oxygens (including phenoxy) is 2. The molecule has 0 aliphatic rings. The number of hydrogen-bond acceptors (Lipinski definition) is 7. The van der Waals surface area contributed by atoms with Crippen LogP contribution in [0.2, 0.25) is 0 Å². The van der Waals surface area contributed by atoms with Crippen LogP contribution in [0.3, 0.4) is 0 Å². The van der Waals surface area contributed by atoms with Crippen LogP contribution in [0.4, 0.5) is 0 Å². The average Bonchev–Trinajstić information content (AvgIpc) is 2.91. The Morgan fingerprint density at radius 3 is 2.42 bits per heavy atom. The Kier molecular flexibility index (Phi) is 5.81. The number of nitrogens with zero attached hydrogens (tertiary/aromatic N) is 1. The van der Waals surface area contributed by atoms with Gasteiger partial charge in [-0.1, -0.05) is 5.16 Å². The smallest absolute Gasteiger partial charge is 0.246 e. The van der Waals surface area contributed by atoms with E-state index >= 15 is 0 Å². The van der Waals surface area contributed by atoms with Crippen molar-refractivity contribution >= 4 is 10.0 Å². The molecular formula is C15H20N2O6S. The number of aliphatic hydroxyl groups is 1. The van der Waals surface area contributed by atoms with Crippen LogP contribution >= 0.6 is 0 Å². The average molecular weight is 356 g/mol.